The second kappa shape index (κ2) is 5.98. The normalized spacial score (nSPS) is 15.1. The molecule has 2 heteroatoms. The minimum absolute atomic E-state index is 0.645. The largest absolute Gasteiger partial charge is 0.494 e. The summed E-state index contributed by atoms with van der Waals surface area (Å²) in [6.45, 7) is 4.75. The van der Waals surface area contributed by atoms with Gasteiger partial charge in [0.2, 0.25) is 0 Å². The fourth-order valence-electron chi connectivity index (χ4n) is 2.85. The van der Waals surface area contributed by atoms with Gasteiger partial charge in [0.05, 0.1) is 6.61 Å². The van der Waals surface area contributed by atoms with Crippen molar-refractivity contribution < 1.29 is 9.84 Å². The Balaban J connectivity index is 2.14. The van der Waals surface area contributed by atoms with Crippen molar-refractivity contribution in [3.63, 3.8) is 0 Å². The molecule has 0 unspecified atom stereocenters. The van der Waals surface area contributed by atoms with Gasteiger partial charge in [0, 0.05) is 0 Å². The van der Waals surface area contributed by atoms with Crippen LogP contribution in [-0.4, -0.2) is 11.7 Å². The Labute approximate surface area is 132 Å². The summed E-state index contributed by atoms with van der Waals surface area (Å²) in [5.74, 6) is 0.645. The number of allylic oxidation sites excluding steroid dienone is 1. The number of rotatable bonds is 3. The summed E-state index contributed by atoms with van der Waals surface area (Å²) in [5, 5.41) is 11.6. The van der Waals surface area contributed by atoms with Crippen molar-refractivity contribution >= 4 is 0 Å². The van der Waals surface area contributed by atoms with Crippen molar-refractivity contribution in [3.8, 4) is 0 Å². The molecular formula is C20H22O2. The molecule has 0 aromatic heterocycles. The van der Waals surface area contributed by atoms with Crippen LogP contribution in [0.15, 0.2) is 60.4 Å². The van der Waals surface area contributed by atoms with Crippen LogP contribution in [0.4, 0.5) is 0 Å². The Hall–Kier alpha value is -2.06. The van der Waals surface area contributed by atoms with Crippen molar-refractivity contribution in [1.82, 2.24) is 0 Å². The van der Waals surface area contributed by atoms with E-state index in [0.29, 0.717) is 12.4 Å². The second-order valence-electron chi connectivity index (χ2n) is 6.00. The van der Waals surface area contributed by atoms with E-state index >= 15 is 0 Å². The molecule has 2 aromatic rings. The van der Waals surface area contributed by atoms with Gasteiger partial charge in [-0.15, -0.1) is 0 Å². The molecule has 0 bridgehead atoms. The zero-order valence-electron chi connectivity index (χ0n) is 13.2. The van der Waals surface area contributed by atoms with Gasteiger partial charge in [0.1, 0.15) is 5.76 Å². The van der Waals surface area contributed by atoms with Crippen LogP contribution < -0.4 is 0 Å². The van der Waals surface area contributed by atoms with Gasteiger partial charge in [-0.05, 0) is 43.9 Å². The fourth-order valence-corrected chi connectivity index (χ4v) is 2.85. The Bertz CT molecular complexity index is 620. The van der Waals surface area contributed by atoms with Gasteiger partial charge in [-0.3, -0.25) is 0 Å². The van der Waals surface area contributed by atoms with E-state index in [0.717, 1.165) is 24.0 Å². The van der Waals surface area contributed by atoms with E-state index in [4.69, 9.17) is 4.74 Å². The first kappa shape index (κ1) is 14.9. The predicted molar refractivity (Wildman–Crippen MR) is 88.6 cm³/mol. The second-order valence-corrected chi connectivity index (χ2v) is 6.00. The molecule has 1 N–H and O–H groups in total. The standard InChI is InChI=1S/C20H22O2/c1-15-6-10-17(11-7-15)20(21,19-5-3-4-14-22-19)18-12-8-16(2)9-13-18/h5-13,21H,3-4,14H2,1-2H3. The highest BCUT2D eigenvalue weighted by Crippen LogP contribution is 2.39. The summed E-state index contributed by atoms with van der Waals surface area (Å²) >= 11 is 0. The third kappa shape index (κ3) is 2.67. The minimum atomic E-state index is -1.22. The zero-order valence-corrected chi connectivity index (χ0v) is 13.2. The van der Waals surface area contributed by atoms with Gasteiger partial charge in [-0.25, -0.2) is 0 Å². The topological polar surface area (TPSA) is 29.5 Å². The van der Waals surface area contributed by atoms with Crippen LogP contribution >= 0.6 is 0 Å². The van der Waals surface area contributed by atoms with E-state index in [-0.39, 0.29) is 0 Å². The molecule has 0 aliphatic carbocycles. The summed E-state index contributed by atoms with van der Waals surface area (Å²) < 4.78 is 5.82. The molecule has 0 spiro atoms. The van der Waals surface area contributed by atoms with Crippen LogP contribution in [0.2, 0.25) is 0 Å². The zero-order chi connectivity index (χ0) is 15.6. The molecular weight excluding hydrogens is 272 g/mol. The van der Waals surface area contributed by atoms with Gasteiger partial charge in [0.25, 0.3) is 0 Å². The third-order valence-corrected chi connectivity index (χ3v) is 4.23. The Kier molecular flexibility index (Phi) is 4.04. The SMILES string of the molecule is Cc1ccc(C(O)(C2=CCCCO2)c2ccc(C)cc2)cc1. The lowest BCUT2D eigenvalue weighted by Gasteiger charge is -2.33. The highest BCUT2D eigenvalue weighted by atomic mass is 16.5. The van der Waals surface area contributed by atoms with E-state index in [1.807, 2.05) is 68.5 Å². The van der Waals surface area contributed by atoms with Gasteiger partial charge >= 0.3 is 0 Å². The van der Waals surface area contributed by atoms with Crippen molar-refractivity contribution in [2.75, 3.05) is 6.61 Å². The molecule has 2 nitrogen and oxygen atoms in total. The van der Waals surface area contributed by atoms with Crippen LogP contribution in [0.5, 0.6) is 0 Å². The number of ether oxygens (including phenoxy) is 1. The first-order valence-corrected chi connectivity index (χ1v) is 7.81. The van der Waals surface area contributed by atoms with Crippen LogP contribution in [-0.2, 0) is 10.3 Å². The van der Waals surface area contributed by atoms with Crippen LogP contribution in [0.1, 0.15) is 35.1 Å². The first-order chi connectivity index (χ1) is 10.6. The molecule has 2 aromatic carbocycles. The van der Waals surface area contributed by atoms with Gasteiger partial charge < -0.3 is 9.84 Å². The van der Waals surface area contributed by atoms with Crippen molar-refractivity contribution in [3.05, 3.63) is 82.6 Å². The van der Waals surface area contributed by atoms with Crippen molar-refractivity contribution in [2.45, 2.75) is 32.3 Å². The molecule has 22 heavy (non-hydrogen) atoms. The Morgan fingerprint density at radius 3 is 1.77 bits per heavy atom. The predicted octanol–water partition coefficient (Wildman–Crippen LogP) is 4.23. The third-order valence-electron chi connectivity index (χ3n) is 4.23. The van der Waals surface area contributed by atoms with Gasteiger partial charge in [-0.2, -0.15) is 0 Å². The molecule has 0 radical (unpaired) electrons. The lowest BCUT2D eigenvalue weighted by molar-refractivity contribution is 0.0315. The number of benzene rings is 2. The number of aliphatic hydroxyl groups is 1. The maximum Gasteiger partial charge on any atom is 0.172 e. The number of hydrogen-bond donors (Lipinski definition) is 1. The molecule has 0 amide bonds. The Morgan fingerprint density at radius 2 is 1.36 bits per heavy atom. The molecule has 0 fully saturated rings. The average Bonchev–Trinajstić information content (AvgIpc) is 2.56. The van der Waals surface area contributed by atoms with Crippen LogP contribution in [0.25, 0.3) is 0 Å². The molecule has 1 heterocycles. The summed E-state index contributed by atoms with van der Waals surface area (Å²) in [4.78, 5) is 0. The van der Waals surface area contributed by atoms with Gasteiger partial charge in [0.15, 0.2) is 5.60 Å². The lowest BCUT2D eigenvalue weighted by Crippen LogP contribution is -2.32. The average molecular weight is 294 g/mol. The Morgan fingerprint density at radius 1 is 0.864 bits per heavy atom. The fraction of sp³-hybridized carbons (Fsp3) is 0.300. The highest BCUT2D eigenvalue weighted by Gasteiger charge is 2.38. The molecule has 3 rings (SSSR count). The number of aryl methyl sites for hydroxylation is 2. The lowest BCUT2D eigenvalue weighted by atomic mass is 9.83. The molecule has 114 valence electrons. The molecule has 0 saturated heterocycles. The first-order valence-electron chi connectivity index (χ1n) is 7.81. The molecule has 1 aliphatic rings. The van der Waals surface area contributed by atoms with Crippen molar-refractivity contribution in [1.29, 1.82) is 0 Å². The van der Waals surface area contributed by atoms with E-state index in [1.165, 1.54) is 11.1 Å². The quantitative estimate of drug-likeness (QED) is 0.917. The van der Waals surface area contributed by atoms with Crippen molar-refractivity contribution in [2.24, 2.45) is 0 Å². The molecule has 0 atom stereocenters. The summed E-state index contributed by atoms with van der Waals surface area (Å²) in [5.41, 5.74) is 2.81. The van der Waals surface area contributed by atoms with E-state index < -0.39 is 5.60 Å². The number of hydrogen-bond acceptors (Lipinski definition) is 2. The van der Waals surface area contributed by atoms with Gasteiger partial charge in [-0.1, -0.05) is 59.7 Å². The summed E-state index contributed by atoms with van der Waals surface area (Å²) in [6.07, 6.45) is 3.96. The minimum Gasteiger partial charge on any atom is -0.494 e. The monoisotopic (exact) mass is 294 g/mol. The molecule has 1 aliphatic heterocycles. The molecule has 0 saturated carbocycles. The highest BCUT2D eigenvalue weighted by molar-refractivity contribution is 5.44. The van der Waals surface area contributed by atoms with Crippen LogP contribution in [0.3, 0.4) is 0 Å². The van der Waals surface area contributed by atoms with E-state index in [9.17, 15) is 5.11 Å². The van der Waals surface area contributed by atoms with E-state index in [1.54, 1.807) is 0 Å². The summed E-state index contributed by atoms with van der Waals surface area (Å²) in [7, 11) is 0. The summed E-state index contributed by atoms with van der Waals surface area (Å²) in [6, 6.07) is 16.0. The maximum atomic E-state index is 11.6. The maximum absolute atomic E-state index is 11.6. The van der Waals surface area contributed by atoms with E-state index in [2.05, 4.69) is 0 Å². The van der Waals surface area contributed by atoms with Crippen LogP contribution in [0, 0.1) is 13.8 Å². The smallest absolute Gasteiger partial charge is 0.172 e.